The molecule has 0 bridgehead atoms. The van der Waals surface area contributed by atoms with Gasteiger partial charge in [-0.15, -0.1) is 0 Å². The number of halogens is 1. The van der Waals surface area contributed by atoms with Crippen molar-refractivity contribution in [3.05, 3.63) is 78.2 Å². The summed E-state index contributed by atoms with van der Waals surface area (Å²) in [7, 11) is 0. The van der Waals surface area contributed by atoms with Gasteiger partial charge in [0.05, 0.1) is 10.5 Å². The number of ether oxygens (including phenoxy) is 1. The third-order valence-corrected chi connectivity index (χ3v) is 4.16. The fraction of sp³-hybridized carbons (Fsp3) is 0. The lowest BCUT2D eigenvalue weighted by Crippen LogP contribution is -2.11. The van der Waals surface area contributed by atoms with Crippen molar-refractivity contribution in [3.8, 4) is 5.75 Å². The van der Waals surface area contributed by atoms with Crippen LogP contribution in [0.25, 0.3) is 11.0 Å². The van der Waals surface area contributed by atoms with E-state index in [2.05, 4.69) is 0 Å². The Morgan fingerprint density at radius 3 is 2.67 bits per heavy atom. The summed E-state index contributed by atoms with van der Waals surface area (Å²) in [5.41, 5.74) is 0.0344. The number of nitrogens with zero attached hydrogens (tertiary/aromatic N) is 1. The predicted octanol–water partition coefficient (Wildman–Crippen LogP) is 3.71. The number of nitrogens with one attached hydrogen (secondary N) is 1. The Hall–Kier alpha value is -2.75. The molecule has 1 N–H and O–H groups in total. The van der Waals surface area contributed by atoms with Crippen LogP contribution in [0.3, 0.4) is 0 Å². The number of rotatable bonds is 3. The number of nitro benzene ring substituents is 1. The van der Waals surface area contributed by atoms with E-state index in [0.29, 0.717) is 20.5 Å². The smallest absolute Gasteiger partial charge is 0.336 e. The average Bonchev–Trinajstić information content (AvgIpc) is 2.54. The van der Waals surface area contributed by atoms with E-state index in [-0.39, 0.29) is 11.6 Å². The van der Waals surface area contributed by atoms with E-state index in [0.717, 1.165) is 5.39 Å². The van der Waals surface area contributed by atoms with Gasteiger partial charge in [0.25, 0.3) is 5.69 Å². The molecule has 0 aliphatic heterocycles. The lowest BCUT2D eigenvalue weighted by molar-refractivity contribution is -0.384. The Morgan fingerprint density at radius 1 is 1.17 bits per heavy atom. The summed E-state index contributed by atoms with van der Waals surface area (Å²) in [5, 5.41) is 19.6. The van der Waals surface area contributed by atoms with E-state index >= 15 is 0 Å². The zero-order valence-corrected chi connectivity index (χ0v) is 14.1. The first-order chi connectivity index (χ1) is 11.4. The van der Waals surface area contributed by atoms with Gasteiger partial charge in [-0.05, 0) is 46.9 Å². The van der Waals surface area contributed by atoms with Crippen molar-refractivity contribution in [2.24, 2.45) is 0 Å². The number of fused-ring (bicyclic) bond motifs is 1. The zero-order chi connectivity index (χ0) is 17.3. The fourth-order valence-electron chi connectivity index (χ4n) is 2.08. The molecule has 0 saturated heterocycles. The van der Waals surface area contributed by atoms with Gasteiger partial charge in [0.2, 0.25) is 5.90 Å². The molecule has 8 heteroatoms. The molecule has 0 aliphatic rings. The van der Waals surface area contributed by atoms with Crippen LogP contribution in [0.15, 0.2) is 57.7 Å². The van der Waals surface area contributed by atoms with Crippen LogP contribution in [0.1, 0.15) is 5.56 Å². The summed E-state index contributed by atoms with van der Waals surface area (Å²) in [6, 6.07) is 12.0. The van der Waals surface area contributed by atoms with Gasteiger partial charge in [-0.25, -0.2) is 4.79 Å². The minimum atomic E-state index is -0.530. The van der Waals surface area contributed by atoms with E-state index in [1.54, 1.807) is 24.3 Å². The minimum absolute atomic E-state index is 0.122. The van der Waals surface area contributed by atoms with E-state index in [1.165, 1.54) is 24.3 Å². The molecule has 0 fully saturated rings. The van der Waals surface area contributed by atoms with Crippen molar-refractivity contribution in [2.45, 2.75) is 0 Å². The van der Waals surface area contributed by atoms with Crippen LogP contribution in [0.4, 0.5) is 5.69 Å². The van der Waals surface area contributed by atoms with E-state index in [1.807, 2.05) is 22.6 Å². The largest absolute Gasteiger partial charge is 0.439 e. The number of hydrogen-bond acceptors (Lipinski definition) is 6. The maximum absolute atomic E-state index is 11.3. The minimum Gasteiger partial charge on any atom is -0.439 e. The van der Waals surface area contributed by atoms with Gasteiger partial charge in [-0.3, -0.25) is 15.5 Å². The predicted molar refractivity (Wildman–Crippen MR) is 95.8 cm³/mol. The first-order valence-corrected chi connectivity index (χ1v) is 7.76. The standard InChI is InChI=1S/C16H9IN2O5/c17-13-5-3-10(19(21)22)7-12(13)16(18)23-11-4-1-9-2-6-15(20)24-14(9)8-11/h1-8,18H. The molecule has 24 heavy (non-hydrogen) atoms. The molecule has 0 saturated carbocycles. The second kappa shape index (κ2) is 6.40. The normalized spacial score (nSPS) is 10.5. The maximum atomic E-state index is 11.3. The Balaban J connectivity index is 1.93. The quantitative estimate of drug-likeness (QED) is 0.168. The first kappa shape index (κ1) is 16.1. The average molecular weight is 436 g/mol. The molecule has 1 aromatic heterocycles. The van der Waals surface area contributed by atoms with Crippen molar-refractivity contribution in [3.63, 3.8) is 0 Å². The molecule has 0 spiro atoms. The summed E-state index contributed by atoms with van der Waals surface area (Å²) >= 11 is 1.97. The molecule has 0 amide bonds. The topological polar surface area (TPSA) is 106 Å². The molecular formula is C16H9IN2O5. The second-order valence-electron chi connectivity index (χ2n) is 4.81. The number of hydrogen-bond donors (Lipinski definition) is 1. The number of non-ortho nitro benzene ring substituents is 1. The molecule has 3 aromatic rings. The van der Waals surface area contributed by atoms with Gasteiger partial charge < -0.3 is 9.15 Å². The molecule has 3 rings (SSSR count). The molecular weight excluding hydrogens is 427 g/mol. The van der Waals surface area contributed by atoms with Crippen molar-refractivity contribution in [2.75, 3.05) is 0 Å². The lowest BCUT2D eigenvalue weighted by Gasteiger charge is -2.09. The van der Waals surface area contributed by atoms with E-state index < -0.39 is 10.5 Å². The lowest BCUT2D eigenvalue weighted by atomic mass is 10.2. The highest BCUT2D eigenvalue weighted by Crippen LogP contribution is 2.23. The first-order valence-electron chi connectivity index (χ1n) is 6.69. The molecule has 0 radical (unpaired) electrons. The molecule has 7 nitrogen and oxygen atoms in total. The summed E-state index contributed by atoms with van der Waals surface area (Å²) < 4.78 is 11.2. The van der Waals surface area contributed by atoms with Crippen LogP contribution in [-0.2, 0) is 0 Å². The van der Waals surface area contributed by atoms with Crippen molar-refractivity contribution in [1.82, 2.24) is 0 Å². The Bertz CT molecular complexity index is 1030. The second-order valence-corrected chi connectivity index (χ2v) is 5.97. The third kappa shape index (κ3) is 3.27. The highest BCUT2D eigenvalue weighted by molar-refractivity contribution is 14.1. The molecule has 0 aliphatic carbocycles. The van der Waals surface area contributed by atoms with Crippen LogP contribution in [0.2, 0.25) is 0 Å². The van der Waals surface area contributed by atoms with Gasteiger partial charge in [-0.1, -0.05) is 0 Å². The van der Waals surface area contributed by atoms with Crippen LogP contribution >= 0.6 is 22.6 Å². The van der Waals surface area contributed by atoms with E-state index in [4.69, 9.17) is 14.6 Å². The maximum Gasteiger partial charge on any atom is 0.336 e. The molecule has 0 atom stereocenters. The van der Waals surface area contributed by atoms with Crippen LogP contribution in [0.5, 0.6) is 5.75 Å². The van der Waals surface area contributed by atoms with Gasteiger partial charge in [0.1, 0.15) is 11.3 Å². The van der Waals surface area contributed by atoms with E-state index in [9.17, 15) is 14.9 Å². The van der Waals surface area contributed by atoms with Crippen LogP contribution in [-0.4, -0.2) is 10.8 Å². The summed E-state index contributed by atoms with van der Waals surface area (Å²) in [6.07, 6.45) is 0. The number of benzene rings is 2. The third-order valence-electron chi connectivity index (χ3n) is 3.22. The van der Waals surface area contributed by atoms with Gasteiger partial charge >= 0.3 is 5.63 Å². The van der Waals surface area contributed by atoms with Gasteiger partial charge in [-0.2, -0.15) is 0 Å². The SMILES string of the molecule is N=C(Oc1ccc2ccc(=O)oc2c1)c1cc([N+](=O)[O-])ccc1I. The molecule has 2 aromatic carbocycles. The Morgan fingerprint density at radius 2 is 1.92 bits per heavy atom. The highest BCUT2D eigenvalue weighted by atomic mass is 127. The van der Waals surface area contributed by atoms with Gasteiger partial charge in [0, 0.05) is 33.2 Å². The zero-order valence-electron chi connectivity index (χ0n) is 12.0. The van der Waals surface area contributed by atoms with Crippen LogP contribution in [0, 0.1) is 19.1 Å². The summed E-state index contributed by atoms with van der Waals surface area (Å²) in [6.45, 7) is 0. The van der Waals surface area contributed by atoms with Crippen molar-refractivity contribution >= 4 is 45.1 Å². The molecule has 1 heterocycles. The summed E-state index contributed by atoms with van der Waals surface area (Å²) in [4.78, 5) is 21.6. The Labute approximate surface area is 148 Å². The fourth-order valence-corrected chi connectivity index (χ4v) is 2.66. The monoisotopic (exact) mass is 436 g/mol. The van der Waals surface area contributed by atoms with Crippen LogP contribution < -0.4 is 10.4 Å². The van der Waals surface area contributed by atoms with Crippen molar-refractivity contribution in [1.29, 1.82) is 5.41 Å². The summed E-state index contributed by atoms with van der Waals surface area (Å²) in [5.74, 6) is 0.0601. The van der Waals surface area contributed by atoms with Crippen molar-refractivity contribution < 1.29 is 14.1 Å². The Kier molecular flexibility index (Phi) is 4.30. The highest BCUT2D eigenvalue weighted by Gasteiger charge is 2.15. The molecule has 120 valence electrons. The molecule has 0 unspecified atom stereocenters. The number of nitro groups is 1. The van der Waals surface area contributed by atoms with Gasteiger partial charge in [0.15, 0.2) is 0 Å².